The molecule has 0 aromatic heterocycles. The number of nitrogens with one attached hydrogen (secondary N) is 3. The Bertz CT molecular complexity index is 1570. The third-order valence-electron chi connectivity index (χ3n) is 7.79. The number of piperidine rings is 1. The Kier molecular flexibility index (Phi) is 13.9. The molecule has 1 saturated heterocycles. The predicted octanol–water partition coefficient (Wildman–Crippen LogP) is -0.295. The monoisotopic (exact) mass is 710 g/mol. The zero-order valence-electron chi connectivity index (χ0n) is 26.2. The molecule has 1 aliphatic rings. The molecular weight excluding hydrogens is 671 g/mol. The predicted molar refractivity (Wildman–Crippen MR) is 174 cm³/mol. The zero-order valence-corrected chi connectivity index (χ0v) is 27.8. The molecule has 9 N–H and O–H groups in total. The largest absolute Gasteiger partial charge is 0.469 e. The van der Waals surface area contributed by atoms with E-state index in [2.05, 4.69) is 20.5 Å². The van der Waals surface area contributed by atoms with Crippen molar-refractivity contribution in [2.75, 3.05) is 12.4 Å². The number of hydrogen-bond donors (Lipinski definition) is 7. The highest BCUT2D eigenvalue weighted by Gasteiger charge is 2.41. The standard InChI is InChI=1S/C30H40ClN6O10P/c1-17(47-48(44,45)46)26(36-25(39)16-31)30(43)37-13-5-4-8-23(37)29(42)35-22(28(41)34-21(27(33)40)11-12-24(32)38)15-18-9-10-19-6-2-3-7-20(19)14-18/h2-3,6-7,9-10,14,17,21-23,26H,4-5,8,11-13,15-16H2,1H3,(H2,32,38)(H2,33,40)(H,34,41)(H,35,42)(H,36,39)(H2,44,45,46). The highest BCUT2D eigenvalue weighted by molar-refractivity contribution is 7.46. The minimum atomic E-state index is -5.09. The topological polar surface area (TPSA) is 261 Å². The normalized spacial score (nSPS) is 17.4. The first kappa shape index (κ1) is 38.4. The number of nitrogens with two attached hydrogens (primary N) is 2. The van der Waals surface area contributed by atoms with Gasteiger partial charge in [-0.05, 0) is 48.9 Å². The van der Waals surface area contributed by atoms with Crippen LogP contribution in [-0.2, 0) is 44.3 Å². The Hall–Kier alpha value is -4.08. The Balaban J connectivity index is 1.91. The van der Waals surface area contributed by atoms with Gasteiger partial charge in [-0.3, -0.25) is 33.3 Å². The van der Waals surface area contributed by atoms with Crippen LogP contribution in [0.4, 0.5) is 0 Å². The van der Waals surface area contributed by atoms with E-state index in [1.807, 2.05) is 36.4 Å². The smallest absolute Gasteiger partial charge is 0.370 e. The molecule has 2 aromatic carbocycles. The van der Waals surface area contributed by atoms with Crippen molar-refractivity contribution in [3.63, 3.8) is 0 Å². The summed E-state index contributed by atoms with van der Waals surface area (Å²) < 4.78 is 16.2. The van der Waals surface area contributed by atoms with Crippen LogP contribution < -0.4 is 27.4 Å². The van der Waals surface area contributed by atoms with Gasteiger partial charge in [0.1, 0.15) is 30.0 Å². The van der Waals surface area contributed by atoms with Crippen molar-refractivity contribution >= 4 is 65.6 Å². The van der Waals surface area contributed by atoms with Gasteiger partial charge in [-0.15, -0.1) is 11.6 Å². The van der Waals surface area contributed by atoms with Crippen molar-refractivity contribution in [2.24, 2.45) is 11.5 Å². The molecule has 0 saturated carbocycles. The molecule has 0 aliphatic carbocycles. The van der Waals surface area contributed by atoms with Crippen molar-refractivity contribution in [2.45, 2.75) is 75.7 Å². The van der Waals surface area contributed by atoms with E-state index in [1.165, 1.54) is 6.92 Å². The highest BCUT2D eigenvalue weighted by Crippen LogP contribution is 2.38. The van der Waals surface area contributed by atoms with Gasteiger partial charge in [0, 0.05) is 19.4 Å². The molecule has 1 fully saturated rings. The first-order chi connectivity index (χ1) is 22.6. The van der Waals surface area contributed by atoms with Crippen molar-refractivity contribution < 1.29 is 47.6 Å². The van der Waals surface area contributed by atoms with E-state index in [0.29, 0.717) is 18.4 Å². The first-order valence-corrected chi connectivity index (χ1v) is 17.2. The molecule has 3 rings (SSSR count). The second-order valence-corrected chi connectivity index (χ2v) is 12.9. The molecule has 6 amide bonds. The van der Waals surface area contributed by atoms with Crippen LogP contribution in [0.25, 0.3) is 10.8 Å². The number of nitrogens with zero attached hydrogens (tertiary/aromatic N) is 1. The molecule has 0 radical (unpaired) electrons. The SMILES string of the molecule is CC(OP(=O)(O)O)C(NC(=O)CCl)C(=O)N1CCCCC1C(=O)NC(Cc1ccc2ccccc2c1)C(=O)NC(CCC(N)=O)C(N)=O. The van der Waals surface area contributed by atoms with Crippen LogP contribution >= 0.6 is 19.4 Å². The van der Waals surface area contributed by atoms with Gasteiger partial charge in [-0.1, -0.05) is 42.5 Å². The number of phosphoric ester groups is 1. The van der Waals surface area contributed by atoms with Gasteiger partial charge >= 0.3 is 7.82 Å². The molecular formula is C30H40ClN6O10P. The maximum atomic E-state index is 13.9. The summed E-state index contributed by atoms with van der Waals surface area (Å²) in [5.41, 5.74) is 11.3. The van der Waals surface area contributed by atoms with E-state index in [-0.39, 0.29) is 32.2 Å². The Labute approximate surface area is 281 Å². The molecule has 48 heavy (non-hydrogen) atoms. The van der Waals surface area contributed by atoms with E-state index in [4.69, 9.17) is 23.1 Å². The Morgan fingerprint density at radius 3 is 2.31 bits per heavy atom. The fourth-order valence-corrected chi connectivity index (χ4v) is 6.07. The zero-order chi connectivity index (χ0) is 35.6. The quantitative estimate of drug-likeness (QED) is 0.0884. The van der Waals surface area contributed by atoms with Gasteiger partial charge in [0.05, 0.1) is 6.10 Å². The summed E-state index contributed by atoms with van der Waals surface area (Å²) in [7, 11) is -5.09. The van der Waals surface area contributed by atoms with Gasteiger partial charge in [0.15, 0.2) is 0 Å². The van der Waals surface area contributed by atoms with Gasteiger partial charge in [0.2, 0.25) is 35.4 Å². The van der Waals surface area contributed by atoms with Crippen molar-refractivity contribution in [3.8, 4) is 0 Å². The lowest BCUT2D eigenvalue weighted by molar-refractivity contribution is -0.147. The molecule has 1 aliphatic heterocycles. The van der Waals surface area contributed by atoms with Gasteiger partial charge in [-0.2, -0.15) is 0 Å². The number of amides is 6. The number of alkyl halides is 1. The van der Waals surface area contributed by atoms with Gasteiger partial charge in [0.25, 0.3) is 0 Å². The fraction of sp³-hybridized carbons (Fsp3) is 0.467. The molecule has 0 bridgehead atoms. The van der Waals surface area contributed by atoms with Crippen LogP contribution in [0, 0.1) is 0 Å². The van der Waals surface area contributed by atoms with Crippen molar-refractivity contribution in [3.05, 3.63) is 48.0 Å². The number of rotatable bonds is 16. The lowest BCUT2D eigenvalue weighted by atomic mass is 9.97. The summed E-state index contributed by atoms with van der Waals surface area (Å²) in [6.07, 6.45) is -0.801. The van der Waals surface area contributed by atoms with Gasteiger partial charge < -0.3 is 42.1 Å². The second kappa shape index (κ2) is 17.4. The third kappa shape index (κ3) is 11.3. The minimum absolute atomic E-state index is 0.0358. The average molecular weight is 711 g/mol. The number of hydrogen-bond acceptors (Lipinski definition) is 8. The highest BCUT2D eigenvalue weighted by atomic mass is 35.5. The van der Waals surface area contributed by atoms with Crippen LogP contribution in [0.1, 0.15) is 44.6 Å². The molecule has 1 heterocycles. The summed E-state index contributed by atoms with van der Waals surface area (Å²) >= 11 is 5.59. The summed E-state index contributed by atoms with van der Waals surface area (Å²) in [6, 6.07) is 7.64. The van der Waals surface area contributed by atoms with Crippen LogP contribution in [0.2, 0.25) is 0 Å². The van der Waals surface area contributed by atoms with Crippen LogP contribution in [0.3, 0.4) is 0 Å². The van der Waals surface area contributed by atoms with E-state index in [9.17, 15) is 43.1 Å². The fourth-order valence-electron chi connectivity index (χ4n) is 5.44. The van der Waals surface area contributed by atoms with E-state index >= 15 is 0 Å². The van der Waals surface area contributed by atoms with E-state index < -0.39 is 79.4 Å². The number of likely N-dealkylation sites (tertiary alicyclic amines) is 1. The minimum Gasteiger partial charge on any atom is -0.370 e. The number of carbonyl (C=O) groups is 6. The van der Waals surface area contributed by atoms with Crippen LogP contribution in [0.5, 0.6) is 0 Å². The van der Waals surface area contributed by atoms with E-state index in [0.717, 1.165) is 15.7 Å². The average Bonchev–Trinajstić information content (AvgIpc) is 3.03. The third-order valence-corrected chi connectivity index (χ3v) is 8.64. The molecule has 2 aromatic rings. The van der Waals surface area contributed by atoms with Crippen LogP contribution in [0.15, 0.2) is 42.5 Å². The number of primary amides is 2. The molecule has 262 valence electrons. The number of fused-ring (bicyclic) bond motifs is 1. The number of benzene rings is 2. The number of carbonyl (C=O) groups excluding carboxylic acids is 6. The molecule has 18 heteroatoms. The second-order valence-electron chi connectivity index (χ2n) is 11.4. The van der Waals surface area contributed by atoms with Crippen molar-refractivity contribution in [1.29, 1.82) is 0 Å². The Morgan fingerprint density at radius 2 is 1.69 bits per heavy atom. The maximum absolute atomic E-state index is 13.9. The molecule has 0 spiro atoms. The lowest BCUT2D eigenvalue weighted by Gasteiger charge is -2.38. The summed E-state index contributed by atoms with van der Waals surface area (Å²) in [6.45, 7) is 1.22. The molecule has 5 unspecified atom stereocenters. The summed E-state index contributed by atoms with van der Waals surface area (Å²) in [4.78, 5) is 96.6. The number of halogens is 1. The summed E-state index contributed by atoms with van der Waals surface area (Å²) in [5, 5.41) is 9.28. The van der Waals surface area contributed by atoms with E-state index in [1.54, 1.807) is 6.07 Å². The van der Waals surface area contributed by atoms with Crippen molar-refractivity contribution in [1.82, 2.24) is 20.9 Å². The lowest BCUT2D eigenvalue weighted by Crippen LogP contribution is -2.62. The summed E-state index contributed by atoms with van der Waals surface area (Å²) in [5.74, 6) is -5.38. The number of phosphoric acid groups is 1. The van der Waals surface area contributed by atoms with Gasteiger partial charge in [-0.25, -0.2) is 4.57 Å². The molecule has 5 atom stereocenters. The Morgan fingerprint density at radius 1 is 1.00 bits per heavy atom. The first-order valence-electron chi connectivity index (χ1n) is 15.2. The van der Waals surface area contributed by atoms with Crippen LogP contribution in [-0.4, -0.2) is 92.8 Å². The molecule has 16 nitrogen and oxygen atoms in total. The maximum Gasteiger partial charge on any atom is 0.469 e.